The van der Waals surface area contributed by atoms with Gasteiger partial charge in [0.05, 0.1) is 0 Å². The van der Waals surface area contributed by atoms with Crippen molar-refractivity contribution >= 4 is 0 Å². The van der Waals surface area contributed by atoms with Crippen LogP contribution in [0.4, 0.5) is 0 Å². The molecule has 2 unspecified atom stereocenters. The molecule has 1 aliphatic rings. The predicted octanol–water partition coefficient (Wildman–Crippen LogP) is 3.93. The topological polar surface area (TPSA) is 29.3 Å². The molecule has 0 spiro atoms. The molecule has 0 bridgehead atoms. The molecule has 0 radical (unpaired) electrons. The first-order valence-corrected chi connectivity index (χ1v) is 8.14. The fraction of sp³-hybridized carbons (Fsp3) is 0.667. The van der Waals surface area contributed by atoms with Gasteiger partial charge < -0.3 is 10.6 Å². The van der Waals surface area contributed by atoms with Crippen LogP contribution in [0.2, 0.25) is 0 Å². The van der Waals surface area contributed by atoms with Gasteiger partial charge in [0.1, 0.15) is 0 Å². The summed E-state index contributed by atoms with van der Waals surface area (Å²) < 4.78 is 0. The molecule has 0 saturated carbocycles. The van der Waals surface area contributed by atoms with Gasteiger partial charge in [-0.15, -0.1) is 0 Å². The molecule has 0 aliphatic carbocycles. The second-order valence-electron chi connectivity index (χ2n) is 6.76. The number of nitrogens with two attached hydrogens (primary N) is 1. The van der Waals surface area contributed by atoms with Crippen molar-refractivity contribution in [2.45, 2.75) is 52.0 Å². The number of rotatable bonds is 4. The third-order valence-corrected chi connectivity index (χ3v) is 4.60. The lowest BCUT2D eigenvalue weighted by Gasteiger charge is -2.24. The summed E-state index contributed by atoms with van der Waals surface area (Å²) in [6.45, 7) is 10.2. The molecule has 2 atom stereocenters. The van der Waals surface area contributed by atoms with E-state index in [0.717, 1.165) is 12.5 Å². The van der Waals surface area contributed by atoms with Crippen LogP contribution >= 0.6 is 0 Å². The summed E-state index contributed by atoms with van der Waals surface area (Å²) in [6, 6.07) is 9.01. The van der Waals surface area contributed by atoms with Crippen LogP contribution in [0, 0.1) is 5.92 Å². The van der Waals surface area contributed by atoms with E-state index in [-0.39, 0.29) is 6.04 Å². The van der Waals surface area contributed by atoms with E-state index in [1.165, 1.54) is 43.5 Å². The van der Waals surface area contributed by atoms with Crippen LogP contribution < -0.4 is 5.73 Å². The van der Waals surface area contributed by atoms with Gasteiger partial charge in [0.15, 0.2) is 0 Å². The molecule has 1 aliphatic heterocycles. The Hall–Kier alpha value is -0.860. The van der Waals surface area contributed by atoms with E-state index in [0.29, 0.717) is 5.92 Å². The van der Waals surface area contributed by atoms with E-state index in [9.17, 15) is 0 Å². The Kier molecular flexibility index (Phi) is 5.62. The Morgan fingerprint density at radius 3 is 2.40 bits per heavy atom. The first-order chi connectivity index (χ1) is 9.56. The van der Waals surface area contributed by atoms with Crippen LogP contribution in [0.3, 0.4) is 0 Å². The maximum atomic E-state index is 6.40. The van der Waals surface area contributed by atoms with Crippen molar-refractivity contribution in [3.8, 4) is 0 Å². The Bertz CT molecular complexity index is 396. The number of nitrogens with zero attached hydrogens (tertiary/aromatic N) is 1. The minimum Gasteiger partial charge on any atom is -0.323 e. The molecule has 1 saturated heterocycles. The predicted molar refractivity (Wildman–Crippen MR) is 86.9 cm³/mol. The first kappa shape index (κ1) is 15.5. The molecular weight excluding hydrogens is 244 g/mol. The molecule has 2 rings (SSSR count). The van der Waals surface area contributed by atoms with Gasteiger partial charge in [-0.05, 0) is 55.3 Å². The minimum absolute atomic E-state index is 0.143. The minimum atomic E-state index is 0.143. The monoisotopic (exact) mass is 274 g/mol. The maximum Gasteiger partial charge on any atom is 0.0424 e. The van der Waals surface area contributed by atoms with Gasteiger partial charge in [0, 0.05) is 12.6 Å². The molecule has 112 valence electrons. The lowest BCUT2D eigenvalue weighted by molar-refractivity contribution is 0.265. The quantitative estimate of drug-likeness (QED) is 0.901. The van der Waals surface area contributed by atoms with Crippen molar-refractivity contribution in [3.05, 3.63) is 35.4 Å². The van der Waals surface area contributed by atoms with Crippen LogP contribution in [-0.2, 0) is 0 Å². The molecule has 1 fully saturated rings. The average Bonchev–Trinajstić information content (AvgIpc) is 2.64. The van der Waals surface area contributed by atoms with Gasteiger partial charge in [0.25, 0.3) is 0 Å². The van der Waals surface area contributed by atoms with E-state index < -0.39 is 0 Å². The SMILES string of the molecule is CC1CCCN(CC(N)c2ccc(C(C)C)cc2)CC1. The van der Waals surface area contributed by atoms with Gasteiger partial charge in [-0.1, -0.05) is 45.0 Å². The number of hydrogen-bond acceptors (Lipinski definition) is 2. The molecule has 2 nitrogen and oxygen atoms in total. The number of benzene rings is 1. The summed E-state index contributed by atoms with van der Waals surface area (Å²) in [5.74, 6) is 1.47. The summed E-state index contributed by atoms with van der Waals surface area (Å²) in [6.07, 6.45) is 4.01. The van der Waals surface area contributed by atoms with E-state index in [1.807, 2.05) is 0 Å². The molecule has 2 N–H and O–H groups in total. The van der Waals surface area contributed by atoms with Crippen LogP contribution in [0.25, 0.3) is 0 Å². The summed E-state index contributed by atoms with van der Waals surface area (Å²) >= 11 is 0. The Balaban J connectivity index is 1.92. The molecule has 1 aromatic carbocycles. The Labute approximate surface area is 124 Å². The zero-order valence-corrected chi connectivity index (χ0v) is 13.3. The van der Waals surface area contributed by atoms with Gasteiger partial charge in [-0.25, -0.2) is 0 Å². The van der Waals surface area contributed by atoms with Crippen molar-refractivity contribution in [1.29, 1.82) is 0 Å². The second-order valence-corrected chi connectivity index (χ2v) is 6.76. The normalized spacial score (nSPS) is 22.8. The zero-order valence-electron chi connectivity index (χ0n) is 13.3. The summed E-state index contributed by atoms with van der Waals surface area (Å²) in [5.41, 5.74) is 9.06. The fourth-order valence-corrected chi connectivity index (χ4v) is 3.02. The van der Waals surface area contributed by atoms with E-state index in [1.54, 1.807) is 0 Å². The fourth-order valence-electron chi connectivity index (χ4n) is 3.02. The van der Waals surface area contributed by atoms with Crippen LogP contribution in [0.15, 0.2) is 24.3 Å². The standard InChI is InChI=1S/C18H30N2/c1-14(2)16-6-8-17(9-7-16)18(19)13-20-11-4-5-15(3)10-12-20/h6-9,14-15,18H,4-5,10-13,19H2,1-3H3. The average molecular weight is 274 g/mol. The Morgan fingerprint density at radius 1 is 1.10 bits per heavy atom. The number of hydrogen-bond donors (Lipinski definition) is 1. The molecule has 1 heterocycles. The van der Waals surface area contributed by atoms with Crippen LogP contribution in [0.5, 0.6) is 0 Å². The van der Waals surface area contributed by atoms with Gasteiger partial charge >= 0.3 is 0 Å². The van der Waals surface area contributed by atoms with Crippen LogP contribution in [-0.4, -0.2) is 24.5 Å². The second kappa shape index (κ2) is 7.24. The van der Waals surface area contributed by atoms with E-state index in [4.69, 9.17) is 5.73 Å². The lowest BCUT2D eigenvalue weighted by atomic mass is 9.99. The Morgan fingerprint density at radius 2 is 1.75 bits per heavy atom. The third-order valence-electron chi connectivity index (χ3n) is 4.60. The van der Waals surface area contributed by atoms with E-state index >= 15 is 0 Å². The highest BCUT2D eigenvalue weighted by atomic mass is 15.1. The molecule has 2 heteroatoms. The largest absolute Gasteiger partial charge is 0.323 e. The maximum absolute atomic E-state index is 6.40. The first-order valence-electron chi connectivity index (χ1n) is 8.14. The highest BCUT2D eigenvalue weighted by Crippen LogP contribution is 2.21. The van der Waals surface area contributed by atoms with Crippen molar-refractivity contribution in [3.63, 3.8) is 0 Å². The van der Waals surface area contributed by atoms with Crippen molar-refractivity contribution in [2.24, 2.45) is 11.7 Å². The summed E-state index contributed by atoms with van der Waals surface area (Å²) in [4.78, 5) is 2.55. The number of likely N-dealkylation sites (tertiary alicyclic amines) is 1. The molecule has 0 amide bonds. The van der Waals surface area contributed by atoms with Gasteiger partial charge in [-0.3, -0.25) is 0 Å². The van der Waals surface area contributed by atoms with Crippen molar-refractivity contribution in [1.82, 2.24) is 4.90 Å². The van der Waals surface area contributed by atoms with Crippen molar-refractivity contribution < 1.29 is 0 Å². The summed E-state index contributed by atoms with van der Waals surface area (Å²) in [7, 11) is 0. The van der Waals surface area contributed by atoms with Gasteiger partial charge in [0.2, 0.25) is 0 Å². The van der Waals surface area contributed by atoms with Crippen LogP contribution in [0.1, 0.15) is 63.1 Å². The highest BCUT2D eigenvalue weighted by molar-refractivity contribution is 5.26. The third kappa shape index (κ3) is 4.32. The molecular formula is C18H30N2. The van der Waals surface area contributed by atoms with E-state index in [2.05, 4.69) is 49.9 Å². The smallest absolute Gasteiger partial charge is 0.0424 e. The highest BCUT2D eigenvalue weighted by Gasteiger charge is 2.17. The van der Waals surface area contributed by atoms with Gasteiger partial charge in [-0.2, -0.15) is 0 Å². The molecule has 20 heavy (non-hydrogen) atoms. The zero-order chi connectivity index (χ0) is 14.5. The molecule has 0 aromatic heterocycles. The molecule has 1 aromatic rings. The van der Waals surface area contributed by atoms with Crippen molar-refractivity contribution in [2.75, 3.05) is 19.6 Å². The lowest BCUT2D eigenvalue weighted by Crippen LogP contribution is -2.33. The summed E-state index contributed by atoms with van der Waals surface area (Å²) in [5, 5.41) is 0.